The van der Waals surface area contributed by atoms with Crippen LogP contribution in [0.15, 0.2) is 24.3 Å². The summed E-state index contributed by atoms with van der Waals surface area (Å²) in [6.45, 7) is 4.73. The van der Waals surface area contributed by atoms with Crippen molar-refractivity contribution in [3.8, 4) is 5.75 Å². The molecule has 31 heavy (non-hydrogen) atoms. The van der Waals surface area contributed by atoms with Crippen molar-refractivity contribution >= 4 is 36.3 Å². The number of phenols is 1. The maximum absolute atomic E-state index is 12.8. The maximum atomic E-state index is 12.8. The summed E-state index contributed by atoms with van der Waals surface area (Å²) in [4.78, 5) is 48.7. The zero-order chi connectivity index (χ0) is 23.7. The molecule has 3 amide bonds. The van der Waals surface area contributed by atoms with Gasteiger partial charge in [-0.05, 0) is 30.5 Å². The lowest BCUT2D eigenvalue weighted by Gasteiger charge is -2.25. The highest BCUT2D eigenvalue weighted by Crippen LogP contribution is 2.12. The number of nitrogens with two attached hydrogens (primary N) is 1. The fraction of sp³-hybridized carbons (Fsp3) is 0.500. The smallest absolute Gasteiger partial charge is 0.326 e. The molecule has 4 unspecified atom stereocenters. The number of amides is 3. The Labute approximate surface area is 186 Å². The first-order valence-electron chi connectivity index (χ1n) is 9.74. The summed E-state index contributed by atoms with van der Waals surface area (Å²) in [6.07, 6.45) is 0.0408. The molecule has 4 atom stereocenters. The van der Waals surface area contributed by atoms with E-state index in [9.17, 15) is 29.4 Å². The van der Waals surface area contributed by atoms with Crippen LogP contribution in [0.25, 0.3) is 0 Å². The van der Waals surface area contributed by atoms with Gasteiger partial charge in [0.25, 0.3) is 0 Å². The fourth-order valence-corrected chi connectivity index (χ4v) is 2.78. The van der Waals surface area contributed by atoms with Gasteiger partial charge in [-0.15, -0.1) is 0 Å². The number of aromatic hydroxyl groups is 1. The van der Waals surface area contributed by atoms with Crippen molar-refractivity contribution in [3.63, 3.8) is 0 Å². The number of carboxylic acid groups (broad SMARTS) is 1. The number of aliphatic carboxylic acids is 1. The summed E-state index contributed by atoms with van der Waals surface area (Å²) in [5, 5.41) is 26.2. The third kappa shape index (κ3) is 8.46. The van der Waals surface area contributed by atoms with Crippen molar-refractivity contribution in [2.24, 2.45) is 11.7 Å². The Hall–Kier alpha value is -2.79. The molecule has 0 saturated carbocycles. The average Bonchev–Trinajstić information content (AvgIpc) is 2.71. The largest absolute Gasteiger partial charge is 0.508 e. The number of hydrogen-bond donors (Lipinski definition) is 7. The molecular formula is C20H30N4O6S. The van der Waals surface area contributed by atoms with Gasteiger partial charge in [0.2, 0.25) is 17.7 Å². The van der Waals surface area contributed by atoms with Crippen LogP contribution < -0.4 is 21.7 Å². The molecule has 10 nitrogen and oxygen atoms in total. The van der Waals surface area contributed by atoms with E-state index in [1.807, 2.05) is 0 Å². The van der Waals surface area contributed by atoms with Crippen molar-refractivity contribution < 1.29 is 29.4 Å². The molecule has 0 aliphatic carbocycles. The zero-order valence-electron chi connectivity index (χ0n) is 17.7. The quantitative estimate of drug-likeness (QED) is 0.219. The van der Waals surface area contributed by atoms with Crippen LogP contribution in [0.3, 0.4) is 0 Å². The Morgan fingerprint density at radius 2 is 1.55 bits per heavy atom. The van der Waals surface area contributed by atoms with E-state index in [0.717, 1.165) is 0 Å². The Morgan fingerprint density at radius 3 is 2.03 bits per heavy atom. The molecule has 0 spiro atoms. The lowest BCUT2D eigenvalue weighted by atomic mass is 10.0. The molecule has 1 aromatic carbocycles. The van der Waals surface area contributed by atoms with Gasteiger partial charge in [-0.25, -0.2) is 4.79 Å². The van der Waals surface area contributed by atoms with Gasteiger partial charge in [-0.1, -0.05) is 26.0 Å². The average molecular weight is 455 g/mol. The molecule has 0 aliphatic heterocycles. The van der Waals surface area contributed by atoms with Crippen LogP contribution in [0.1, 0.15) is 26.3 Å². The Morgan fingerprint density at radius 1 is 0.968 bits per heavy atom. The summed E-state index contributed by atoms with van der Waals surface area (Å²) < 4.78 is 0. The highest BCUT2D eigenvalue weighted by atomic mass is 32.1. The standard InChI is InChI=1S/C20H30N4O6S/c1-10(2)16(20(29)30)24-19(28)15(8-12-4-6-13(25)7-5-12)23-17(26)11(3)22-18(27)14(21)9-31/h4-7,10-11,14-16,25,31H,8-9,21H2,1-3H3,(H,22,27)(H,23,26)(H,24,28)(H,29,30). The van der Waals surface area contributed by atoms with Crippen molar-refractivity contribution in [3.05, 3.63) is 29.8 Å². The minimum Gasteiger partial charge on any atom is -0.508 e. The number of rotatable bonds is 11. The van der Waals surface area contributed by atoms with E-state index < -0.39 is 47.9 Å². The molecule has 0 fully saturated rings. The number of hydrogen-bond acceptors (Lipinski definition) is 7. The van der Waals surface area contributed by atoms with E-state index in [1.54, 1.807) is 26.0 Å². The number of nitrogens with one attached hydrogen (secondary N) is 3. The van der Waals surface area contributed by atoms with E-state index in [0.29, 0.717) is 5.56 Å². The minimum atomic E-state index is -1.19. The second kappa shape index (κ2) is 12.2. The first-order valence-corrected chi connectivity index (χ1v) is 10.4. The summed E-state index contributed by atoms with van der Waals surface area (Å²) in [7, 11) is 0. The molecule has 0 saturated heterocycles. The van der Waals surface area contributed by atoms with Gasteiger partial charge < -0.3 is 31.9 Å². The van der Waals surface area contributed by atoms with Gasteiger partial charge in [0, 0.05) is 12.2 Å². The topological polar surface area (TPSA) is 171 Å². The van der Waals surface area contributed by atoms with Gasteiger partial charge in [0.05, 0.1) is 6.04 Å². The third-order valence-corrected chi connectivity index (χ3v) is 4.92. The number of carbonyl (C=O) groups is 4. The van der Waals surface area contributed by atoms with Gasteiger partial charge in [-0.3, -0.25) is 14.4 Å². The monoisotopic (exact) mass is 454 g/mol. The molecular weight excluding hydrogens is 424 g/mol. The fourth-order valence-electron chi connectivity index (χ4n) is 2.61. The molecule has 0 heterocycles. The lowest BCUT2D eigenvalue weighted by molar-refractivity contribution is -0.143. The highest BCUT2D eigenvalue weighted by Gasteiger charge is 2.30. The maximum Gasteiger partial charge on any atom is 0.326 e. The molecule has 0 aromatic heterocycles. The first kappa shape index (κ1) is 26.2. The van der Waals surface area contributed by atoms with Crippen LogP contribution in [0.4, 0.5) is 0 Å². The Kier molecular flexibility index (Phi) is 10.3. The van der Waals surface area contributed by atoms with Crippen molar-refractivity contribution in [1.82, 2.24) is 16.0 Å². The van der Waals surface area contributed by atoms with E-state index in [1.165, 1.54) is 19.1 Å². The number of phenolic OH excluding ortho intramolecular Hbond substituents is 1. The van der Waals surface area contributed by atoms with Gasteiger partial charge in [0.15, 0.2) is 0 Å². The molecule has 0 aliphatic rings. The van der Waals surface area contributed by atoms with Crippen molar-refractivity contribution in [1.29, 1.82) is 0 Å². The molecule has 11 heteroatoms. The molecule has 7 N–H and O–H groups in total. The first-order chi connectivity index (χ1) is 14.5. The predicted octanol–water partition coefficient (Wildman–Crippen LogP) is -0.593. The summed E-state index contributed by atoms with van der Waals surface area (Å²) in [5.41, 5.74) is 6.21. The molecule has 172 valence electrons. The predicted molar refractivity (Wildman–Crippen MR) is 118 cm³/mol. The Bertz CT molecular complexity index is 786. The second-order valence-electron chi connectivity index (χ2n) is 7.52. The summed E-state index contributed by atoms with van der Waals surface area (Å²) >= 11 is 3.93. The Balaban J connectivity index is 2.99. The van der Waals surface area contributed by atoms with Crippen molar-refractivity contribution in [2.45, 2.75) is 51.4 Å². The molecule has 0 bridgehead atoms. The summed E-state index contributed by atoms with van der Waals surface area (Å²) in [5.74, 6) is -3.34. The molecule has 1 aromatic rings. The van der Waals surface area contributed by atoms with Crippen LogP contribution in [-0.4, -0.2) is 63.8 Å². The second-order valence-corrected chi connectivity index (χ2v) is 7.88. The van der Waals surface area contributed by atoms with Crippen LogP contribution in [-0.2, 0) is 25.6 Å². The highest BCUT2D eigenvalue weighted by molar-refractivity contribution is 7.80. The molecule has 1 rings (SSSR count). The van der Waals surface area contributed by atoms with Gasteiger partial charge >= 0.3 is 5.97 Å². The van der Waals surface area contributed by atoms with Crippen LogP contribution in [0, 0.1) is 5.92 Å². The minimum absolute atomic E-state index is 0.0383. The van der Waals surface area contributed by atoms with Gasteiger partial charge in [-0.2, -0.15) is 12.6 Å². The number of carbonyl (C=O) groups excluding carboxylic acids is 3. The van der Waals surface area contributed by atoms with E-state index in [-0.39, 0.29) is 23.8 Å². The third-order valence-electron chi connectivity index (χ3n) is 4.53. The number of thiol groups is 1. The number of carboxylic acids is 1. The van der Waals surface area contributed by atoms with E-state index >= 15 is 0 Å². The van der Waals surface area contributed by atoms with E-state index in [2.05, 4.69) is 28.6 Å². The van der Waals surface area contributed by atoms with Crippen LogP contribution in [0.5, 0.6) is 5.75 Å². The SMILES string of the molecule is CC(NC(=O)C(N)CS)C(=O)NC(Cc1ccc(O)cc1)C(=O)NC(C(=O)O)C(C)C. The van der Waals surface area contributed by atoms with Crippen LogP contribution in [0.2, 0.25) is 0 Å². The lowest BCUT2D eigenvalue weighted by Crippen LogP contribution is -2.57. The van der Waals surface area contributed by atoms with Gasteiger partial charge in [0.1, 0.15) is 23.9 Å². The number of benzene rings is 1. The van der Waals surface area contributed by atoms with Crippen LogP contribution >= 0.6 is 12.6 Å². The molecule has 0 radical (unpaired) electrons. The van der Waals surface area contributed by atoms with E-state index in [4.69, 9.17) is 5.73 Å². The normalized spacial score (nSPS) is 14.8. The van der Waals surface area contributed by atoms with Crippen molar-refractivity contribution in [2.75, 3.05) is 5.75 Å². The zero-order valence-corrected chi connectivity index (χ0v) is 18.6. The summed E-state index contributed by atoms with van der Waals surface area (Å²) in [6, 6.07) is 1.88.